The second kappa shape index (κ2) is 6.13. The van der Waals surface area contributed by atoms with Crippen molar-refractivity contribution in [1.29, 1.82) is 0 Å². The third-order valence-electron chi connectivity index (χ3n) is 5.27. The number of ether oxygens (including phenoxy) is 1. The van der Waals surface area contributed by atoms with E-state index in [1.807, 2.05) is 4.90 Å². The Morgan fingerprint density at radius 2 is 1.88 bits per heavy atom. The molecule has 3 aliphatic rings. The molecule has 1 amide bonds. The third kappa shape index (κ3) is 2.64. The van der Waals surface area contributed by atoms with Crippen LogP contribution in [0.1, 0.15) is 24.8 Å². The summed E-state index contributed by atoms with van der Waals surface area (Å²) in [5, 5.41) is 0. The zero-order valence-electron chi connectivity index (χ0n) is 13.6. The molecule has 0 radical (unpaired) electrons. The van der Waals surface area contributed by atoms with Crippen LogP contribution in [-0.2, 0) is 26.0 Å². The Morgan fingerprint density at radius 1 is 1.12 bits per heavy atom. The summed E-state index contributed by atoms with van der Waals surface area (Å²) in [6, 6.07) is 5.18. The van der Waals surface area contributed by atoms with Gasteiger partial charge in [-0.05, 0) is 43.0 Å². The number of sulfonamides is 1. The lowest BCUT2D eigenvalue weighted by molar-refractivity contribution is -0.124. The van der Waals surface area contributed by atoms with Crippen molar-refractivity contribution in [3.05, 3.63) is 23.8 Å². The van der Waals surface area contributed by atoms with Gasteiger partial charge in [-0.1, -0.05) is 6.42 Å². The first-order chi connectivity index (χ1) is 11.6. The number of carbonyl (C=O) groups excluding carboxylic acids is 1. The highest BCUT2D eigenvalue weighted by molar-refractivity contribution is 7.89. The van der Waals surface area contributed by atoms with E-state index in [2.05, 4.69) is 0 Å². The van der Waals surface area contributed by atoms with Crippen molar-refractivity contribution in [2.45, 2.75) is 30.6 Å². The molecule has 0 aromatic heterocycles. The monoisotopic (exact) mass is 350 g/mol. The summed E-state index contributed by atoms with van der Waals surface area (Å²) in [6.07, 6.45) is 3.82. The minimum absolute atomic E-state index is 0.160. The lowest BCUT2D eigenvalue weighted by Crippen LogP contribution is -2.40. The van der Waals surface area contributed by atoms with Crippen LogP contribution < -0.4 is 4.90 Å². The van der Waals surface area contributed by atoms with Gasteiger partial charge in [0.05, 0.1) is 18.1 Å². The van der Waals surface area contributed by atoms with Gasteiger partial charge in [0.15, 0.2) is 0 Å². The second-order valence-corrected chi connectivity index (χ2v) is 8.61. The number of morpholine rings is 1. The highest BCUT2D eigenvalue weighted by Gasteiger charge is 2.34. The molecule has 2 fully saturated rings. The van der Waals surface area contributed by atoms with Gasteiger partial charge in [-0.3, -0.25) is 4.79 Å². The first kappa shape index (κ1) is 16.1. The van der Waals surface area contributed by atoms with Crippen LogP contribution in [0.4, 0.5) is 5.69 Å². The van der Waals surface area contributed by atoms with Crippen LogP contribution in [0, 0.1) is 5.92 Å². The summed E-state index contributed by atoms with van der Waals surface area (Å²) in [5.41, 5.74) is 1.84. The van der Waals surface area contributed by atoms with E-state index in [-0.39, 0.29) is 11.8 Å². The molecule has 24 heavy (non-hydrogen) atoms. The molecule has 2 aliphatic heterocycles. The molecular formula is C17H22N2O4S. The summed E-state index contributed by atoms with van der Waals surface area (Å²) < 4.78 is 32.2. The van der Waals surface area contributed by atoms with Crippen LogP contribution in [0.5, 0.6) is 0 Å². The van der Waals surface area contributed by atoms with Crippen molar-refractivity contribution in [2.75, 3.05) is 37.7 Å². The number of fused-ring (bicyclic) bond motifs is 1. The van der Waals surface area contributed by atoms with Gasteiger partial charge in [0.2, 0.25) is 15.9 Å². The molecular weight excluding hydrogens is 328 g/mol. The number of carbonyl (C=O) groups is 1. The molecule has 0 bridgehead atoms. The van der Waals surface area contributed by atoms with E-state index in [4.69, 9.17) is 4.74 Å². The maximum Gasteiger partial charge on any atom is 0.243 e. The number of anilines is 1. The van der Waals surface area contributed by atoms with E-state index >= 15 is 0 Å². The molecule has 1 saturated heterocycles. The highest BCUT2D eigenvalue weighted by atomic mass is 32.2. The molecule has 130 valence electrons. The number of amides is 1. The third-order valence-corrected chi connectivity index (χ3v) is 7.17. The molecule has 7 heteroatoms. The van der Waals surface area contributed by atoms with Gasteiger partial charge >= 0.3 is 0 Å². The first-order valence-electron chi connectivity index (χ1n) is 8.59. The van der Waals surface area contributed by atoms with Crippen molar-refractivity contribution in [3.63, 3.8) is 0 Å². The first-order valence-corrected chi connectivity index (χ1v) is 10.0. The van der Waals surface area contributed by atoms with Crippen LogP contribution in [0.3, 0.4) is 0 Å². The van der Waals surface area contributed by atoms with E-state index in [1.165, 1.54) is 4.31 Å². The minimum atomic E-state index is -3.48. The number of hydrogen-bond acceptors (Lipinski definition) is 4. The normalized spacial score (nSPS) is 22.2. The zero-order chi connectivity index (χ0) is 16.7. The van der Waals surface area contributed by atoms with Crippen LogP contribution in [0.2, 0.25) is 0 Å². The zero-order valence-corrected chi connectivity index (χ0v) is 14.4. The molecule has 1 aliphatic carbocycles. The van der Waals surface area contributed by atoms with Crippen molar-refractivity contribution >= 4 is 21.6 Å². The fraction of sp³-hybridized carbons (Fsp3) is 0.588. The van der Waals surface area contributed by atoms with Gasteiger partial charge in [-0.15, -0.1) is 0 Å². The van der Waals surface area contributed by atoms with Gasteiger partial charge in [-0.25, -0.2) is 8.42 Å². The van der Waals surface area contributed by atoms with Crippen LogP contribution in [0.15, 0.2) is 23.1 Å². The largest absolute Gasteiger partial charge is 0.379 e. The number of rotatable bonds is 3. The fourth-order valence-electron chi connectivity index (χ4n) is 3.58. The van der Waals surface area contributed by atoms with Crippen LogP contribution in [-0.4, -0.2) is 51.5 Å². The predicted molar refractivity (Wildman–Crippen MR) is 89.4 cm³/mol. The maximum absolute atomic E-state index is 12.8. The summed E-state index contributed by atoms with van der Waals surface area (Å²) in [7, 11) is -3.48. The van der Waals surface area contributed by atoms with Crippen molar-refractivity contribution < 1.29 is 17.9 Å². The fourth-order valence-corrected chi connectivity index (χ4v) is 5.04. The lowest BCUT2D eigenvalue weighted by atomic mass is 9.84. The smallest absolute Gasteiger partial charge is 0.243 e. The maximum atomic E-state index is 12.8. The van der Waals surface area contributed by atoms with Crippen LogP contribution >= 0.6 is 0 Å². The second-order valence-electron chi connectivity index (χ2n) is 6.67. The molecule has 0 atom stereocenters. The molecule has 0 spiro atoms. The average Bonchev–Trinajstić information content (AvgIpc) is 2.97. The van der Waals surface area contributed by atoms with E-state index in [0.29, 0.717) is 37.7 Å². The Labute approximate surface area is 142 Å². The van der Waals surface area contributed by atoms with E-state index in [9.17, 15) is 13.2 Å². The Morgan fingerprint density at radius 3 is 2.54 bits per heavy atom. The van der Waals surface area contributed by atoms with Gasteiger partial charge in [0.1, 0.15) is 0 Å². The number of hydrogen-bond donors (Lipinski definition) is 0. The van der Waals surface area contributed by atoms with E-state index < -0.39 is 10.0 Å². The summed E-state index contributed by atoms with van der Waals surface area (Å²) >= 11 is 0. The summed E-state index contributed by atoms with van der Waals surface area (Å²) in [5.74, 6) is 0.358. The molecule has 1 aromatic carbocycles. The molecule has 2 heterocycles. The molecule has 4 rings (SSSR count). The minimum Gasteiger partial charge on any atom is -0.379 e. The van der Waals surface area contributed by atoms with Gasteiger partial charge in [0.25, 0.3) is 0 Å². The molecule has 0 N–H and O–H groups in total. The standard InChI is InChI=1S/C17H22N2O4S/c20-17(13-2-1-3-13)19-7-6-14-12-15(4-5-16(14)19)24(21,22)18-8-10-23-11-9-18/h4-5,12-13H,1-3,6-11H2. The van der Waals surface area contributed by atoms with E-state index in [0.717, 1.165) is 36.9 Å². The van der Waals surface area contributed by atoms with E-state index in [1.54, 1.807) is 18.2 Å². The topological polar surface area (TPSA) is 66.9 Å². The average molecular weight is 350 g/mol. The summed E-state index contributed by atoms with van der Waals surface area (Å²) in [4.78, 5) is 14.7. The highest BCUT2D eigenvalue weighted by Crippen LogP contribution is 2.35. The number of nitrogens with zero attached hydrogens (tertiary/aromatic N) is 2. The van der Waals surface area contributed by atoms with Crippen molar-refractivity contribution in [3.8, 4) is 0 Å². The van der Waals surface area contributed by atoms with Crippen LogP contribution in [0.25, 0.3) is 0 Å². The quantitative estimate of drug-likeness (QED) is 0.826. The lowest BCUT2D eigenvalue weighted by Gasteiger charge is -2.29. The van der Waals surface area contributed by atoms with Gasteiger partial charge in [0, 0.05) is 31.2 Å². The SMILES string of the molecule is O=C(C1CCC1)N1CCc2cc(S(=O)(=O)N3CCOCC3)ccc21. The number of benzene rings is 1. The Kier molecular flexibility index (Phi) is 4.10. The molecule has 6 nitrogen and oxygen atoms in total. The molecule has 0 unspecified atom stereocenters. The van der Waals surface area contributed by atoms with Gasteiger partial charge in [-0.2, -0.15) is 4.31 Å². The van der Waals surface area contributed by atoms with Gasteiger partial charge < -0.3 is 9.64 Å². The summed E-state index contributed by atoms with van der Waals surface area (Å²) in [6.45, 7) is 2.32. The Bertz CT molecular complexity index is 752. The Hall–Kier alpha value is -1.44. The predicted octanol–water partition coefficient (Wildman–Crippen LogP) is 1.40. The molecule has 1 aromatic rings. The van der Waals surface area contributed by atoms with Crippen molar-refractivity contribution in [2.24, 2.45) is 5.92 Å². The molecule has 1 saturated carbocycles. The Balaban J connectivity index is 1.59. The van der Waals surface area contributed by atoms with Crippen molar-refractivity contribution in [1.82, 2.24) is 4.31 Å².